The van der Waals surface area contributed by atoms with Crippen molar-refractivity contribution in [2.24, 2.45) is 0 Å². The molecule has 116 valence electrons. The summed E-state index contributed by atoms with van der Waals surface area (Å²) in [4.78, 5) is 28.3. The zero-order valence-corrected chi connectivity index (χ0v) is 12.6. The van der Waals surface area contributed by atoms with Gasteiger partial charge in [-0.2, -0.15) is 5.10 Å². The first-order valence-electron chi connectivity index (χ1n) is 7.06. The van der Waals surface area contributed by atoms with Gasteiger partial charge in [0.25, 0.3) is 5.91 Å². The summed E-state index contributed by atoms with van der Waals surface area (Å²) < 4.78 is 5.46. The van der Waals surface area contributed by atoms with Gasteiger partial charge in [-0.05, 0) is 0 Å². The molecule has 3 rings (SSSR count). The lowest BCUT2D eigenvalue weighted by Crippen LogP contribution is -2.26. The maximum absolute atomic E-state index is 12.0. The molecule has 0 aliphatic carbocycles. The van der Waals surface area contributed by atoms with E-state index in [4.69, 9.17) is 4.42 Å². The topological polar surface area (TPSA) is 113 Å². The number of H-pyrrole nitrogens is 1. The second kappa shape index (κ2) is 5.28. The number of carbonyl (C=O) groups excluding carboxylic acids is 2. The minimum atomic E-state index is -0.356. The van der Waals surface area contributed by atoms with Crippen molar-refractivity contribution in [1.29, 1.82) is 0 Å². The summed E-state index contributed by atoms with van der Waals surface area (Å²) in [6.07, 6.45) is 1.74. The average Bonchev–Trinajstić information content (AvgIpc) is 3.12. The van der Waals surface area contributed by atoms with Gasteiger partial charge in [0.1, 0.15) is 12.0 Å². The second-order valence-corrected chi connectivity index (χ2v) is 5.51. The third-order valence-corrected chi connectivity index (χ3v) is 3.64. The third-order valence-electron chi connectivity index (χ3n) is 3.64. The molecule has 1 aliphatic heterocycles. The first-order chi connectivity index (χ1) is 10.5. The zero-order valence-electron chi connectivity index (χ0n) is 12.6. The van der Waals surface area contributed by atoms with Crippen LogP contribution in [0.4, 0.5) is 5.82 Å². The SMILES string of the molecule is CNC(=O)c1[nH]nc2c1C(c1coc(C(C)C)n1)CC(=O)N2. The smallest absolute Gasteiger partial charge is 0.269 e. The van der Waals surface area contributed by atoms with E-state index < -0.39 is 0 Å². The molecular formula is C14H17N5O3. The van der Waals surface area contributed by atoms with Gasteiger partial charge in [-0.25, -0.2) is 4.98 Å². The molecule has 2 amide bonds. The van der Waals surface area contributed by atoms with Gasteiger partial charge in [0.05, 0.1) is 5.69 Å². The molecule has 0 saturated heterocycles. The van der Waals surface area contributed by atoms with Crippen LogP contribution in [0.3, 0.4) is 0 Å². The first-order valence-corrected chi connectivity index (χ1v) is 7.06. The lowest BCUT2D eigenvalue weighted by Gasteiger charge is -2.20. The molecule has 0 spiro atoms. The molecule has 8 heteroatoms. The zero-order chi connectivity index (χ0) is 15.9. The molecule has 0 saturated carbocycles. The minimum Gasteiger partial charge on any atom is -0.448 e. The van der Waals surface area contributed by atoms with E-state index in [1.165, 1.54) is 0 Å². The number of aromatic amines is 1. The molecule has 1 unspecified atom stereocenters. The molecule has 1 aliphatic rings. The number of carbonyl (C=O) groups is 2. The Kier molecular flexibility index (Phi) is 3.44. The van der Waals surface area contributed by atoms with Crippen LogP contribution in [0.1, 0.15) is 59.7 Å². The largest absolute Gasteiger partial charge is 0.448 e. The lowest BCUT2D eigenvalue weighted by molar-refractivity contribution is -0.116. The summed E-state index contributed by atoms with van der Waals surface area (Å²) in [5.41, 5.74) is 1.60. The second-order valence-electron chi connectivity index (χ2n) is 5.51. The van der Waals surface area contributed by atoms with Crippen LogP contribution in [0, 0.1) is 0 Å². The quantitative estimate of drug-likeness (QED) is 0.792. The van der Waals surface area contributed by atoms with Crippen molar-refractivity contribution in [3.8, 4) is 0 Å². The molecular weight excluding hydrogens is 286 g/mol. The number of amides is 2. The van der Waals surface area contributed by atoms with E-state index in [0.29, 0.717) is 28.7 Å². The number of rotatable bonds is 3. The van der Waals surface area contributed by atoms with Crippen molar-refractivity contribution in [3.63, 3.8) is 0 Å². The predicted molar refractivity (Wildman–Crippen MR) is 77.7 cm³/mol. The fraction of sp³-hybridized carbons (Fsp3) is 0.429. The predicted octanol–water partition coefficient (Wildman–Crippen LogP) is 1.35. The summed E-state index contributed by atoms with van der Waals surface area (Å²) in [5.74, 6) is 0.310. The van der Waals surface area contributed by atoms with Crippen LogP contribution in [-0.4, -0.2) is 34.0 Å². The highest BCUT2D eigenvalue weighted by Crippen LogP contribution is 2.38. The molecule has 2 aromatic heterocycles. The van der Waals surface area contributed by atoms with Gasteiger partial charge in [0, 0.05) is 30.9 Å². The molecule has 0 bridgehead atoms. The van der Waals surface area contributed by atoms with Gasteiger partial charge in [-0.15, -0.1) is 0 Å². The Morgan fingerprint density at radius 2 is 2.27 bits per heavy atom. The standard InChI is InChI=1S/C14H17N5O3/c1-6(2)14-16-8(5-22-14)7-4-9(20)17-12-10(7)11(18-19-12)13(21)15-3/h5-7H,4H2,1-3H3,(H,15,21)(H2,17,18,19,20). The number of hydrogen-bond acceptors (Lipinski definition) is 5. The van der Waals surface area contributed by atoms with E-state index in [-0.39, 0.29) is 30.1 Å². The molecule has 1 atom stereocenters. The van der Waals surface area contributed by atoms with Gasteiger partial charge in [0.15, 0.2) is 11.7 Å². The van der Waals surface area contributed by atoms with E-state index in [1.54, 1.807) is 13.3 Å². The summed E-state index contributed by atoms with van der Waals surface area (Å²) in [5, 5.41) is 11.9. The highest BCUT2D eigenvalue weighted by atomic mass is 16.3. The van der Waals surface area contributed by atoms with Crippen LogP contribution in [0.15, 0.2) is 10.7 Å². The van der Waals surface area contributed by atoms with E-state index in [0.717, 1.165) is 0 Å². The minimum absolute atomic E-state index is 0.147. The fourth-order valence-corrected chi connectivity index (χ4v) is 2.53. The number of nitrogens with one attached hydrogen (secondary N) is 3. The highest BCUT2D eigenvalue weighted by Gasteiger charge is 2.35. The third kappa shape index (κ3) is 2.26. The Bertz CT molecular complexity index is 731. The molecule has 3 heterocycles. The Morgan fingerprint density at radius 1 is 1.50 bits per heavy atom. The number of oxazole rings is 1. The monoisotopic (exact) mass is 303 g/mol. The Balaban J connectivity index is 2.07. The van der Waals surface area contributed by atoms with Crippen molar-refractivity contribution < 1.29 is 14.0 Å². The van der Waals surface area contributed by atoms with E-state index in [2.05, 4.69) is 25.8 Å². The van der Waals surface area contributed by atoms with Crippen LogP contribution < -0.4 is 10.6 Å². The van der Waals surface area contributed by atoms with Crippen molar-refractivity contribution in [2.75, 3.05) is 12.4 Å². The summed E-state index contributed by atoms with van der Waals surface area (Å²) in [7, 11) is 1.54. The summed E-state index contributed by atoms with van der Waals surface area (Å²) >= 11 is 0. The van der Waals surface area contributed by atoms with Crippen molar-refractivity contribution >= 4 is 17.6 Å². The molecule has 0 radical (unpaired) electrons. The summed E-state index contributed by atoms with van der Waals surface area (Å²) in [6.45, 7) is 3.95. The number of hydrogen-bond donors (Lipinski definition) is 3. The highest BCUT2D eigenvalue weighted by molar-refractivity contribution is 6.00. The summed E-state index contributed by atoms with van der Waals surface area (Å²) in [6, 6.07) is 0. The number of nitrogens with zero attached hydrogens (tertiary/aromatic N) is 2. The van der Waals surface area contributed by atoms with Gasteiger partial charge in [-0.3, -0.25) is 14.7 Å². The maximum atomic E-state index is 12.0. The van der Waals surface area contributed by atoms with Crippen molar-refractivity contribution in [2.45, 2.75) is 32.1 Å². The Hall–Kier alpha value is -2.64. The van der Waals surface area contributed by atoms with E-state index in [9.17, 15) is 9.59 Å². The van der Waals surface area contributed by atoms with Gasteiger partial charge in [-0.1, -0.05) is 13.8 Å². The lowest BCUT2D eigenvalue weighted by atomic mass is 9.89. The molecule has 22 heavy (non-hydrogen) atoms. The van der Waals surface area contributed by atoms with Crippen LogP contribution >= 0.6 is 0 Å². The molecule has 0 fully saturated rings. The number of anilines is 1. The molecule has 3 N–H and O–H groups in total. The number of fused-ring (bicyclic) bond motifs is 1. The van der Waals surface area contributed by atoms with Crippen molar-refractivity contribution in [3.05, 3.63) is 29.1 Å². The normalized spacial score (nSPS) is 17.3. The molecule has 2 aromatic rings. The first kappa shape index (κ1) is 14.3. The van der Waals surface area contributed by atoms with Crippen LogP contribution in [0.5, 0.6) is 0 Å². The van der Waals surface area contributed by atoms with E-state index in [1.807, 2.05) is 13.8 Å². The Morgan fingerprint density at radius 3 is 2.91 bits per heavy atom. The average molecular weight is 303 g/mol. The molecule has 0 aromatic carbocycles. The van der Waals surface area contributed by atoms with E-state index >= 15 is 0 Å². The Labute approximate surface area is 126 Å². The van der Waals surface area contributed by atoms with Gasteiger partial charge < -0.3 is 15.1 Å². The molecule has 8 nitrogen and oxygen atoms in total. The van der Waals surface area contributed by atoms with Gasteiger partial charge >= 0.3 is 0 Å². The number of aromatic nitrogens is 3. The van der Waals surface area contributed by atoms with Crippen LogP contribution in [0.2, 0.25) is 0 Å². The fourth-order valence-electron chi connectivity index (χ4n) is 2.53. The van der Waals surface area contributed by atoms with Crippen LogP contribution in [-0.2, 0) is 4.79 Å². The van der Waals surface area contributed by atoms with Gasteiger partial charge in [0.2, 0.25) is 5.91 Å². The van der Waals surface area contributed by atoms with Crippen LogP contribution in [0.25, 0.3) is 0 Å². The van der Waals surface area contributed by atoms with Crippen molar-refractivity contribution in [1.82, 2.24) is 20.5 Å². The maximum Gasteiger partial charge on any atom is 0.269 e.